The molecule has 1 aliphatic rings. The van der Waals surface area contributed by atoms with Crippen LogP contribution in [0.3, 0.4) is 0 Å². The fraction of sp³-hybridized carbons (Fsp3) is 0.103. The van der Waals surface area contributed by atoms with Crippen molar-refractivity contribution in [2.24, 2.45) is 5.92 Å². The van der Waals surface area contributed by atoms with Gasteiger partial charge in [-0.15, -0.1) is 0 Å². The molecule has 5 heteroatoms. The number of H-pyrrole nitrogens is 1. The molecule has 5 aromatic rings. The number of aromatic nitrogens is 2. The molecule has 5 nitrogen and oxygen atoms in total. The van der Waals surface area contributed by atoms with Crippen LogP contribution in [0.15, 0.2) is 54.6 Å². The lowest BCUT2D eigenvalue weighted by atomic mass is 9.97. The summed E-state index contributed by atoms with van der Waals surface area (Å²) in [6.07, 6.45) is 2.34. The summed E-state index contributed by atoms with van der Waals surface area (Å²) < 4.78 is 0. The highest BCUT2D eigenvalue weighted by molar-refractivity contribution is 6.24. The van der Waals surface area contributed by atoms with E-state index in [2.05, 4.69) is 41.1 Å². The molecular weight excluding hydrogens is 418 g/mol. The first-order valence-corrected chi connectivity index (χ1v) is 10.9. The number of benzene rings is 4. The van der Waals surface area contributed by atoms with Gasteiger partial charge in [0.2, 0.25) is 0 Å². The van der Waals surface area contributed by atoms with Gasteiger partial charge in [-0.1, -0.05) is 30.0 Å². The van der Waals surface area contributed by atoms with E-state index in [0.717, 1.165) is 38.1 Å². The average molecular weight is 433 g/mol. The van der Waals surface area contributed by atoms with Crippen LogP contribution in [0.5, 0.6) is 0 Å². The maximum atomic E-state index is 9.66. The smallest absolute Gasteiger partial charge is 0.141 e. The number of aromatic amines is 1. The number of hydrogen-bond acceptors (Lipinski definition) is 4. The molecule has 0 bridgehead atoms. The van der Waals surface area contributed by atoms with Gasteiger partial charge >= 0.3 is 0 Å². The highest BCUT2D eigenvalue weighted by atomic mass is 14.9. The number of hydrogen-bond donors (Lipinski definition) is 1. The van der Waals surface area contributed by atoms with E-state index in [9.17, 15) is 15.8 Å². The molecule has 1 N–H and O–H groups in total. The minimum Gasteiger partial charge on any atom is -0.337 e. The molecule has 34 heavy (non-hydrogen) atoms. The predicted octanol–water partition coefficient (Wildman–Crippen LogP) is 5.91. The van der Waals surface area contributed by atoms with Crippen molar-refractivity contribution in [1.82, 2.24) is 9.97 Å². The second kappa shape index (κ2) is 7.50. The molecule has 0 unspecified atom stereocenters. The first-order valence-electron chi connectivity index (χ1n) is 10.9. The molecule has 1 aliphatic carbocycles. The van der Waals surface area contributed by atoms with Crippen molar-refractivity contribution in [3.8, 4) is 41.4 Å². The average Bonchev–Trinajstić information content (AvgIpc) is 3.62. The third-order valence-corrected chi connectivity index (χ3v) is 6.23. The zero-order valence-corrected chi connectivity index (χ0v) is 18.0. The number of nitrogens with zero attached hydrogens (tertiary/aromatic N) is 4. The Morgan fingerprint density at radius 1 is 0.765 bits per heavy atom. The summed E-state index contributed by atoms with van der Waals surface area (Å²) in [5, 5.41) is 32.6. The summed E-state index contributed by atoms with van der Waals surface area (Å²) in [5.74, 6) is 7.58. The first-order chi connectivity index (χ1) is 16.7. The molecule has 0 saturated heterocycles. The van der Waals surface area contributed by atoms with E-state index >= 15 is 0 Å². The van der Waals surface area contributed by atoms with Crippen LogP contribution in [0.2, 0.25) is 0 Å². The monoisotopic (exact) mass is 433 g/mol. The summed E-state index contributed by atoms with van der Waals surface area (Å²) in [5.41, 5.74) is 4.32. The summed E-state index contributed by atoms with van der Waals surface area (Å²) in [6, 6.07) is 23.3. The van der Waals surface area contributed by atoms with Gasteiger partial charge in [0.15, 0.2) is 0 Å². The lowest BCUT2D eigenvalue weighted by Crippen LogP contribution is -1.91. The van der Waals surface area contributed by atoms with Crippen LogP contribution in [-0.4, -0.2) is 9.97 Å². The van der Waals surface area contributed by atoms with Gasteiger partial charge < -0.3 is 4.98 Å². The lowest BCUT2D eigenvalue weighted by molar-refractivity contribution is 1.18. The van der Waals surface area contributed by atoms with Crippen molar-refractivity contribution in [2.45, 2.75) is 12.8 Å². The van der Waals surface area contributed by atoms with Crippen LogP contribution >= 0.6 is 0 Å². The van der Waals surface area contributed by atoms with E-state index in [-0.39, 0.29) is 0 Å². The molecule has 1 saturated carbocycles. The van der Waals surface area contributed by atoms with Gasteiger partial charge in [-0.05, 0) is 60.0 Å². The normalized spacial score (nSPS) is 12.6. The zero-order valence-electron chi connectivity index (χ0n) is 18.0. The molecular formula is C29H15N5. The number of nitriles is 3. The van der Waals surface area contributed by atoms with E-state index in [4.69, 9.17) is 4.98 Å². The molecule has 0 amide bonds. The van der Waals surface area contributed by atoms with Crippen molar-refractivity contribution in [1.29, 1.82) is 15.8 Å². The number of nitrogens with one attached hydrogen (secondary N) is 1. The summed E-state index contributed by atoms with van der Waals surface area (Å²) in [4.78, 5) is 8.25. The van der Waals surface area contributed by atoms with Gasteiger partial charge in [0, 0.05) is 22.3 Å². The first kappa shape index (κ1) is 19.6. The molecule has 4 aromatic carbocycles. The van der Waals surface area contributed by atoms with Crippen molar-refractivity contribution in [3.05, 3.63) is 76.9 Å². The van der Waals surface area contributed by atoms with Crippen molar-refractivity contribution in [2.75, 3.05) is 0 Å². The van der Waals surface area contributed by atoms with Crippen molar-refractivity contribution >= 4 is 32.6 Å². The Balaban J connectivity index is 1.71. The molecule has 1 aromatic heterocycles. The standard InChI is InChI=1S/C29H15N5/c30-14-19-9-11-23-25(13-19)24-12-18(7-6-17-4-5-17)8-10-22(24)27-28(23)34-29(33-27)26-20(15-31)2-1-3-21(26)16-32/h1-3,8-13,17H,4-5H2,(H,33,34). The molecule has 0 aliphatic heterocycles. The minimum absolute atomic E-state index is 0.385. The summed E-state index contributed by atoms with van der Waals surface area (Å²) in [7, 11) is 0. The van der Waals surface area contributed by atoms with Gasteiger partial charge in [-0.2, -0.15) is 15.8 Å². The van der Waals surface area contributed by atoms with Crippen LogP contribution in [0.1, 0.15) is 35.1 Å². The number of imidazole rings is 1. The third-order valence-electron chi connectivity index (χ3n) is 6.23. The van der Waals surface area contributed by atoms with Crippen molar-refractivity contribution in [3.63, 3.8) is 0 Å². The highest BCUT2D eigenvalue weighted by Gasteiger charge is 2.19. The van der Waals surface area contributed by atoms with Crippen molar-refractivity contribution < 1.29 is 0 Å². The number of fused-ring (bicyclic) bond motifs is 6. The van der Waals surface area contributed by atoms with Gasteiger partial charge in [-0.3, -0.25) is 0 Å². The number of rotatable bonds is 1. The zero-order chi connectivity index (χ0) is 23.2. The van der Waals surface area contributed by atoms with E-state index in [0.29, 0.717) is 34.0 Å². The van der Waals surface area contributed by atoms with E-state index in [1.807, 2.05) is 24.3 Å². The van der Waals surface area contributed by atoms with Crippen LogP contribution in [0.25, 0.3) is 44.0 Å². The lowest BCUT2D eigenvalue weighted by Gasteiger charge is -2.07. The van der Waals surface area contributed by atoms with Crippen LogP contribution in [-0.2, 0) is 0 Å². The molecule has 6 rings (SSSR count). The summed E-state index contributed by atoms with van der Waals surface area (Å²) in [6.45, 7) is 0. The highest BCUT2D eigenvalue weighted by Crippen LogP contribution is 2.37. The van der Waals surface area contributed by atoms with Crippen LogP contribution in [0.4, 0.5) is 0 Å². The molecule has 0 spiro atoms. The minimum atomic E-state index is 0.385. The Morgan fingerprint density at radius 2 is 1.44 bits per heavy atom. The Hall–Kier alpha value is -5.10. The fourth-order valence-electron chi connectivity index (χ4n) is 4.39. The quantitative estimate of drug-likeness (QED) is 0.262. The Labute approximate surface area is 195 Å². The Kier molecular flexibility index (Phi) is 4.32. The molecule has 156 valence electrons. The van der Waals surface area contributed by atoms with E-state index in [1.165, 1.54) is 12.8 Å². The predicted molar refractivity (Wildman–Crippen MR) is 130 cm³/mol. The maximum absolute atomic E-state index is 9.66. The SMILES string of the molecule is N#Cc1ccc2c(c1)c1cc(C#CC3CC3)ccc1c1[nH]c(-c3c(C#N)cccc3C#N)nc21. The third kappa shape index (κ3) is 3.05. The fourth-order valence-corrected chi connectivity index (χ4v) is 4.39. The molecule has 0 radical (unpaired) electrons. The van der Waals surface area contributed by atoms with Gasteiger partial charge in [0.1, 0.15) is 5.82 Å². The Morgan fingerprint density at radius 3 is 2.15 bits per heavy atom. The van der Waals surface area contributed by atoms with Gasteiger partial charge in [-0.25, -0.2) is 4.98 Å². The van der Waals surface area contributed by atoms with Gasteiger partial charge in [0.25, 0.3) is 0 Å². The largest absolute Gasteiger partial charge is 0.337 e. The topological polar surface area (TPSA) is 100 Å². The molecule has 0 atom stereocenters. The van der Waals surface area contributed by atoms with Gasteiger partial charge in [0.05, 0.1) is 51.5 Å². The second-order valence-corrected chi connectivity index (χ2v) is 8.44. The van der Waals surface area contributed by atoms with E-state index in [1.54, 1.807) is 24.3 Å². The second-order valence-electron chi connectivity index (χ2n) is 8.44. The summed E-state index contributed by atoms with van der Waals surface area (Å²) >= 11 is 0. The molecule has 1 heterocycles. The maximum Gasteiger partial charge on any atom is 0.141 e. The molecule has 1 fully saturated rings. The van der Waals surface area contributed by atoms with E-state index < -0.39 is 0 Å². The van der Waals surface area contributed by atoms with Crippen LogP contribution in [0, 0.1) is 51.8 Å². The Bertz CT molecular complexity index is 1820. The van der Waals surface area contributed by atoms with Crippen LogP contribution < -0.4 is 0 Å².